The second kappa shape index (κ2) is 7.48. The molecule has 0 atom stereocenters. The Morgan fingerprint density at radius 1 is 1.04 bits per heavy atom. The number of aromatic nitrogens is 3. The van der Waals surface area contributed by atoms with Crippen LogP contribution < -0.4 is 4.74 Å². The molecule has 3 rings (SSSR count). The highest BCUT2D eigenvalue weighted by Crippen LogP contribution is 2.24. The molecule has 0 saturated heterocycles. The van der Waals surface area contributed by atoms with Crippen molar-refractivity contribution in [3.05, 3.63) is 47.5 Å². The predicted molar refractivity (Wildman–Crippen MR) is 92.1 cm³/mol. The molecular formula is C18H22N4O3. The summed E-state index contributed by atoms with van der Waals surface area (Å²) in [6, 6.07) is 7.74. The number of rotatable bonds is 7. The van der Waals surface area contributed by atoms with E-state index in [4.69, 9.17) is 13.6 Å². The van der Waals surface area contributed by atoms with Crippen LogP contribution >= 0.6 is 0 Å². The molecule has 0 amide bonds. The lowest BCUT2D eigenvalue weighted by Crippen LogP contribution is -2.18. The summed E-state index contributed by atoms with van der Waals surface area (Å²) in [5.41, 5.74) is 1.82. The number of aryl methyl sites for hydroxylation is 2. The van der Waals surface area contributed by atoms with Crippen molar-refractivity contribution in [2.45, 2.75) is 33.9 Å². The predicted octanol–water partition coefficient (Wildman–Crippen LogP) is 3.37. The molecule has 2 aromatic heterocycles. The smallest absolute Gasteiger partial charge is 0.230 e. The molecule has 0 aliphatic heterocycles. The van der Waals surface area contributed by atoms with Gasteiger partial charge in [-0.05, 0) is 45.2 Å². The lowest BCUT2D eigenvalue weighted by molar-refractivity contribution is 0.275. The van der Waals surface area contributed by atoms with E-state index in [0.717, 1.165) is 22.8 Å². The number of hydrogen-bond acceptors (Lipinski definition) is 7. The minimum atomic E-state index is 0.561. The third-order valence-electron chi connectivity index (χ3n) is 3.70. The first-order valence-electron chi connectivity index (χ1n) is 8.22. The van der Waals surface area contributed by atoms with Crippen LogP contribution in [0.25, 0.3) is 11.5 Å². The second-order valence-corrected chi connectivity index (χ2v) is 5.87. The van der Waals surface area contributed by atoms with Gasteiger partial charge < -0.3 is 13.6 Å². The van der Waals surface area contributed by atoms with Crippen LogP contribution in [0.3, 0.4) is 0 Å². The van der Waals surface area contributed by atoms with Gasteiger partial charge in [0.1, 0.15) is 11.5 Å². The molecular weight excluding hydrogens is 320 g/mol. The Morgan fingerprint density at radius 2 is 1.80 bits per heavy atom. The van der Waals surface area contributed by atoms with Gasteiger partial charge in [0.25, 0.3) is 0 Å². The quantitative estimate of drug-likeness (QED) is 0.651. The Kier molecular flexibility index (Phi) is 5.14. The third-order valence-corrected chi connectivity index (χ3v) is 3.70. The average molecular weight is 342 g/mol. The molecule has 0 fully saturated rings. The first-order valence-corrected chi connectivity index (χ1v) is 8.22. The molecule has 0 unspecified atom stereocenters. The Morgan fingerprint density at radius 3 is 2.44 bits per heavy atom. The molecule has 7 nitrogen and oxygen atoms in total. The maximum absolute atomic E-state index is 5.83. The van der Waals surface area contributed by atoms with Crippen molar-refractivity contribution >= 4 is 0 Å². The van der Waals surface area contributed by atoms with E-state index in [9.17, 15) is 0 Å². The first-order chi connectivity index (χ1) is 12.0. The van der Waals surface area contributed by atoms with E-state index in [1.165, 1.54) is 0 Å². The van der Waals surface area contributed by atoms with Crippen molar-refractivity contribution in [3.63, 3.8) is 0 Å². The molecule has 132 valence electrons. The number of benzene rings is 1. The summed E-state index contributed by atoms with van der Waals surface area (Å²) in [6.07, 6.45) is 0. The molecule has 0 aliphatic rings. The maximum Gasteiger partial charge on any atom is 0.230 e. The summed E-state index contributed by atoms with van der Waals surface area (Å²) >= 11 is 0. The number of nitrogens with zero attached hydrogens (tertiary/aromatic N) is 4. The highest BCUT2D eigenvalue weighted by Gasteiger charge is 2.15. The molecule has 0 saturated carbocycles. The van der Waals surface area contributed by atoms with E-state index in [-0.39, 0.29) is 0 Å². The molecule has 2 heterocycles. The van der Waals surface area contributed by atoms with Crippen LogP contribution in [-0.4, -0.2) is 33.7 Å². The van der Waals surface area contributed by atoms with Crippen LogP contribution in [0.15, 0.2) is 33.1 Å². The summed E-state index contributed by atoms with van der Waals surface area (Å²) in [5, 5.41) is 7.85. The monoisotopic (exact) mass is 342 g/mol. The summed E-state index contributed by atoms with van der Waals surface area (Å²) < 4.78 is 16.7. The zero-order chi connectivity index (χ0) is 17.8. The minimum Gasteiger partial charge on any atom is -0.494 e. The topological polar surface area (TPSA) is 77.4 Å². The normalized spacial score (nSPS) is 11.2. The van der Waals surface area contributed by atoms with E-state index >= 15 is 0 Å². The van der Waals surface area contributed by atoms with Gasteiger partial charge >= 0.3 is 0 Å². The van der Waals surface area contributed by atoms with Crippen molar-refractivity contribution in [1.82, 2.24) is 20.1 Å². The number of ether oxygens (including phenoxy) is 1. The van der Waals surface area contributed by atoms with Gasteiger partial charge in [0.15, 0.2) is 0 Å². The van der Waals surface area contributed by atoms with Gasteiger partial charge in [0, 0.05) is 19.0 Å². The molecule has 0 radical (unpaired) electrons. The van der Waals surface area contributed by atoms with E-state index in [1.807, 2.05) is 45.2 Å². The molecule has 0 N–H and O–H groups in total. The summed E-state index contributed by atoms with van der Waals surface area (Å²) in [6.45, 7) is 7.50. The molecule has 25 heavy (non-hydrogen) atoms. The SMILES string of the molecule is CCOc1ccc(-c2nc(CN(C)Cc3nnc(C)o3)c(C)o2)cc1. The summed E-state index contributed by atoms with van der Waals surface area (Å²) in [7, 11) is 1.98. The van der Waals surface area contributed by atoms with Crippen LogP contribution in [0.4, 0.5) is 0 Å². The van der Waals surface area contributed by atoms with Crippen molar-refractivity contribution in [3.8, 4) is 17.2 Å². The van der Waals surface area contributed by atoms with E-state index < -0.39 is 0 Å². The zero-order valence-electron chi connectivity index (χ0n) is 14.9. The third kappa shape index (κ3) is 4.24. The van der Waals surface area contributed by atoms with Gasteiger partial charge in [-0.3, -0.25) is 4.90 Å². The zero-order valence-corrected chi connectivity index (χ0v) is 14.9. The van der Waals surface area contributed by atoms with E-state index in [1.54, 1.807) is 6.92 Å². The number of oxazole rings is 1. The molecule has 0 aliphatic carbocycles. The first kappa shape index (κ1) is 17.2. The largest absolute Gasteiger partial charge is 0.494 e. The Balaban J connectivity index is 1.69. The van der Waals surface area contributed by atoms with E-state index in [0.29, 0.717) is 37.4 Å². The van der Waals surface area contributed by atoms with Crippen molar-refractivity contribution in [2.24, 2.45) is 0 Å². The Labute approximate surface area is 146 Å². The Bertz CT molecular complexity index is 823. The van der Waals surface area contributed by atoms with Crippen molar-refractivity contribution in [1.29, 1.82) is 0 Å². The maximum atomic E-state index is 5.83. The van der Waals surface area contributed by atoms with Gasteiger partial charge in [-0.1, -0.05) is 0 Å². The van der Waals surface area contributed by atoms with Crippen molar-refractivity contribution in [2.75, 3.05) is 13.7 Å². The Hall–Kier alpha value is -2.67. The van der Waals surface area contributed by atoms with Gasteiger partial charge in [0.05, 0.1) is 18.8 Å². The standard InChI is InChI=1S/C18H22N4O3/c1-5-23-15-8-6-14(7-9-15)18-19-16(12(2)24-18)10-22(4)11-17-21-20-13(3)25-17/h6-9H,5,10-11H2,1-4H3. The van der Waals surface area contributed by atoms with Crippen molar-refractivity contribution < 1.29 is 13.6 Å². The second-order valence-electron chi connectivity index (χ2n) is 5.87. The molecule has 7 heteroatoms. The fourth-order valence-electron chi connectivity index (χ4n) is 2.50. The van der Waals surface area contributed by atoms with Gasteiger partial charge in [-0.2, -0.15) is 0 Å². The summed E-state index contributed by atoms with van der Waals surface area (Å²) in [4.78, 5) is 6.68. The van der Waals surface area contributed by atoms with Crippen LogP contribution in [-0.2, 0) is 13.1 Å². The number of hydrogen-bond donors (Lipinski definition) is 0. The molecule has 0 spiro atoms. The van der Waals surface area contributed by atoms with Gasteiger partial charge in [-0.15, -0.1) is 10.2 Å². The van der Waals surface area contributed by atoms with E-state index in [2.05, 4.69) is 20.1 Å². The highest BCUT2D eigenvalue weighted by atomic mass is 16.5. The molecule has 0 bridgehead atoms. The lowest BCUT2D eigenvalue weighted by Gasteiger charge is -2.12. The van der Waals surface area contributed by atoms with Crippen LogP contribution in [0.1, 0.15) is 30.2 Å². The summed E-state index contributed by atoms with van der Waals surface area (Å²) in [5.74, 6) is 3.41. The van der Waals surface area contributed by atoms with Gasteiger partial charge in [-0.25, -0.2) is 4.98 Å². The fourth-order valence-corrected chi connectivity index (χ4v) is 2.50. The average Bonchev–Trinajstić information content (AvgIpc) is 3.14. The van der Waals surface area contributed by atoms with Gasteiger partial charge in [0.2, 0.25) is 17.7 Å². The lowest BCUT2D eigenvalue weighted by atomic mass is 10.2. The van der Waals surface area contributed by atoms with Crippen LogP contribution in [0.5, 0.6) is 5.75 Å². The fraction of sp³-hybridized carbons (Fsp3) is 0.389. The van der Waals surface area contributed by atoms with Crippen LogP contribution in [0.2, 0.25) is 0 Å². The van der Waals surface area contributed by atoms with Crippen LogP contribution in [0, 0.1) is 13.8 Å². The minimum absolute atomic E-state index is 0.561. The molecule has 3 aromatic rings. The highest BCUT2D eigenvalue weighted by molar-refractivity contribution is 5.55. The molecule has 1 aromatic carbocycles.